The van der Waals surface area contributed by atoms with Crippen LogP contribution < -0.4 is 9.80 Å². The molecule has 0 aliphatic rings. The van der Waals surface area contributed by atoms with E-state index in [1.807, 2.05) is 17.0 Å². The molecule has 0 unspecified atom stereocenters. The van der Waals surface area contributed by atoms with E-state index >= 15 is 0 Å². The highest BCUT2D eigenvalue weighted by atomic mass is 35.5. The highest BCUT2D eigenvalue weighted by molar-refractivity contribution is 6.31. The molecule has 0 amide bonds. The summed E-state index contributed by atoms with van der Waals surface area (Å²) in [5, 5.41) is 0.515. The summed E-state index contributed by atoms with van der Waals surface area (Å²) in [4.78, 5) is 4.24. The van der Waals surface area contributed by atoms with Crippen LogP contribution in [-0.4, -0.2) is 0 Å². The molecule has 0 saturated carbocycles. The van der Waals surface area contributed by atoms with Gasteiger partial charge in [-0.25, -0.2) is 0 Å². The van der Waals surface area contributed by atoms with Gasteiger partial charge in [0.15, 0.2) is 0 Å². The molecule has 5 aromatic carbocycles. The number of halogens is 1. The lowest BCUT2D eigenvalue weighted by molar-refractivity contribution is 0.581. The second kappa shape index (κ2) is 14.3. The minimum Gasteiger partial charge on any atom is -0.462 e. The van der Waals surface area contributed by atoms with E-state index in [-0.39, 0.29) is 27.4 Å². The Morgan fingerprint density at radius 1 is 0.491 bits per heavy atom. The number of rotatable bonds is 7. The van der Waals surface area contributed by atoms with Crippen molar-refractivity contribution in [1.29, 1.82) is 0 Å². The van der Waals surface area contributed by atoms with Crippen molar-refractivity contribution >= 4 is 45.7 Å². The molecule has 274 valence electrons. The molecule has 1 aromatic heterocycles. The Bertz CT molecular complexity index is 2370. The third-order valence-corrected chi connectivity index (χ3v) is 10.0. The molecule has 0 bridgehead atoms. The number of furan rings is 1. The summed E-state index contributed by atoms with van der Waals surface area (Å²) in [7, 11) is 0. The van der Waals surface area contributed by atoms with E-state index in [0.29, 0.717) is 27.6 Å². The molecule has 6 rings (SSSR count). The van der Waals surface area contributed by atoms with Crippen LogP contribution in [0.4, 0.5) is 34.1 Å². The molecule has 53 heavy (non-hydrogen) atoms. The van der Waals surface area contributed by atoms with Crippen LogP contribution in [-0.2, 0) is 16.2 Å². The average molecular weight is 729 g/mol. The first kappa shape index (κ1) is 30.7. The molecule has 0 aliphatic heterocycles. The van der Waals surface area contributed by atoms with Crippen LogP contribution in [0.15, 0.2) is 120 Å². The lowest BCUT2D eigenvalue weighted by atomic mass is 9.86. The minimum absolute atomic E-state index is 0.0201. The number of nitrogens with zero attached hydrogens (tertiary/aromatic N) is 2. The van der Waals surface area contributed by atoms with E-state index in [0.717, 1.165) is 34.0 Å². The molecule has 4 heteroatoms. The fraction of sp³-hybridized carbons (Fsp3) is 0.306. The maximum absolute atomic E-state index is 8.38. The fourth-order valence-corrected chi connectivity index (χ4v) is 6.96. The second-order valence-electron chi connectivity index (χ2n) is 17.1. The van der Waals surface area contributed by atoms with Crippen LogP contribution >= 0.6 is 11.6 Å². The maximum Gasteiger partial charge on any atom is 0.136 e. The summed E-state index contributed by atoms with van der Waals surface area (Å²) in [6, 6.07) is 36.2. The zero-order valence-electron chi connectivity index (χ0n) is 38.7. The summed E-state index contributed by atoms with van der Waals surface area (Å²) in [6.07, 6.45) is 1.60. The molecule has 6 aromatic rings. The lowest BCUT2D eigenvalue weighted by Gasteiger charge is -2.30. The number of anilines is 6. The van der Waals surface area contributed by atoms with Crippen molar-refractivity contribution in [3.05, 3.63) is 154 Å². The normalized spacial score (nSPS) is 14.4. The SMILES string of the molecule is [2H]C([2H])([2H])c1cc(C)c(-c2cc(N(c3ccc(C(C)(C)C)cc3)c3cc(Cl)cc(N(c4ccc(C(C)(C)C)cc4)c4ccc(C(C)(C)C)cc4)c3)co2)c(C([2H])([2H])[2H])c1. The largest absolute Gasteiger partial charge is 0.462 e. The van der Waals surface area contributed by atoms with Crippen molar-refractivity contribution in [2.45, 2.75) is 99.2 Å². The van der Waals surface area contributed by atoms with Gasteiger partial charge < -0.3 is 14.2 Å². The smallest absolute Gasteiger partial charge is 0.136 e. The highest BCUT2D eigenvalue weighted by Crippen LogP contribution is 2.45. The third-order valence-electron chi connectivity index (χ3n) is 9.78. The van der Waals surface area contributed by atoms with Gasteiger partial charge in [0.25, 0.3) is 0 Å². The Labute approximate surface area is 331 Å². The number of benzene rings is 5. The standard InChI is InChI=1S/C49H55ClN2O/c1-32-25-33(2)46(34(3)26-32)45-30-44(31-53-45)52(41-23-17-37(18-24-41)49(10,11)12)43-28-38(50)27-42(29-43)51(39-19-13-35(14-20-39)47(4,5)6)40-21-15-36(16-22-40)48(7,8)9/h13-31H,1-12H3/i1D3,2D3. The predicted molar refractivity (Wildman–Crippen MR) is 229 cm³/mol. The van der Waals surface area contributed by atoms with Gasteiger partial charge in [0.1, 0.15) is 12.0 Å². The van der Waals surface area contributed by atoms with E-state index in [1.165, 1.54) is 23.3 Å². The van der Waals surface area contributed by atoms with Gasteiger partial charge in [-0.05, 0) is 119 Å². The lowest BCUT2D eigenvalue weighted by Crippen LogP contribution is -2.15. The van der Waals surface area contributed by atoms with Gasteiger partial charge in [0, 0.05) is 53.3 Å². The van der Waals surface area contributed by atoms with Crippen molar-refractivity contribution < 1.29 is 12.6 Å². The molecule has 0 fully saturated rings. The Morgan fingerprint density at radius 3 is 1.30 bits per heavy atom. The number of hydrogen-bond acceptors (Lipinski definition) is 3. The Hall–Kier alpha value is -4.73. The first-order valence-electron chi connectivity index (χ1n) is 21.2. The van der Waals surface area contributed by atoms with E-state index < -0.39 is 13.7 Å². The summed E-state index contributed by atoms with van der Waals surface area (Å²) >= 11 is 7.10. The van der Waals surface area contributed by atoms with E-state index in [2.05, 4.69) is 146 Å². The molecule has 1 heterocycles. The first-order valence-corrected chi connectivity index (χ1v) is 18.6. The van der Waals surface area contributed by atoms with Gasteiger partial charge >= 0.3 is 0 Å². The van der Waals surface area contributed by atoms with Gasteiger partial charge in [-0.3, -0.25) is 0 Å². The highest BCUT2D eigenvalue weighted by Gasteiger charge is 2.23. The van der Waals surface area contributed by atoms with Crippen LogP contribution in [0.25, 0.3) is 11.3 Å². The molecule has 0 N–H and O–H groups in total. The monoisotopic (exact) mass is 728 g/mol. The molecule has 0 aliphatic carbocycles. The van der Waals surface area contributed by atoms with E-state index in [4.69, 9.17) is 24.2 Å². The molecule has 3 nitrogen and oxygen atoms in total. The van der Waals surface area contributed by atoms with Gasteiger partial charge in [-0.15, -0.1) is 0 Å². The summed E-state index contributed by atoms with van der Waals surface area (Å²) in [5.74, 6) is 0.304. The maximum atomic E-state index is 8.38. The van der Waals surface area contributed by atoms with Crippen LogP contribution in [0.5, 0.6) is 0 Å². The van der Waals surface area contributed by atoms with Crippen molar-refractivity contribution in [3.63, 3.8) is 0 Å². The van der Waals surface area contributed by atoms with Crippen molar-refractivity contribution in [3.8, 4) is 11.3 Å². The molecular weight excluding hydrogens is 668 g/mol. The molecular formula is C49H55ClN2O. The third kappa shape index (κ3) is 8.26. The van der Waals surface area contributed by atoms with E-state index in [1.54, 1.807) is 19.3 Å². The predicted octanol–water partition coefficient (Wildman–Crippen LogP) is 15.4. The van der Waals surface area contributed by atoms with Crippen LogP contribution in [0.1, 0.15) is 104 Å². The van der Waals surface area contributed by atoms with Gasteiger partial charge in [0.2, 0.25) is 0 Å². The zero-order chi connectivity index (χ0) is 43.5. The van der Waals surface area contributed by atoms with Crippen LogP contribution in [0.3, 0.4) is 0 Å². The molecule has 0 spiro atoms. The Balaban J connectivity index is 1.56. The summed E-state index contributed by atoms with van der Waals surface area (Å²) < 4.78 is 55.4. The average Bonchev–Trinajstić information content (AvgIpc) is 3.59. The quantitative estimate of drug-likeness (QED) is 0.163. The molecule has 0 saturated heterocycles. The van der Waals surface area contributed by atoms with Crippen molar-refractivity contribution in [2.24, 2.45) is 0 Å². The molecule has 0 atom stereocenters. The minimum atomic E-state index is -2.60. The van der Waals surface area contributed by atoms with Crippen LogP contribution in [0.2, 0.25) is 5.02 Å². The molecule has 0 radical (unpaired) electrons. The Kier molecular flexibility index (Phi) is 8.26. The van der Waals surface area contributed by atoms with Crippen LogP contribution in [0, 0.1) is 20.6 Å². The van der Waals surface area contributed by atoms with Crippen molar-refractivity contribution in [2.75, 3.05) is 9.80 Å². The summed E-state index contributed by atoms with van der Waals surface area (Å²) in [6.45, 7) is 16.4. The zero-order valence-corrected chi connectivity index (χ0v) is 33.4. The summed E-state index contributed by atoms with van der Waals surface area (Å²) in [5.41, 5.74) is 9.18. The van der Waals surface area contributed by atoms with Gasteiger partial charge in [-0.1, -0.05) is 128 Å². The van der Waals surface area contributed by atoms with Gasteiger partial charge in [0.05, 0.1) is 5.69 Å². The topological polar surface area (TPSA) is 19.6 Å². The first-order chi connectivity index (χ1) is 27.2. The Morgan fingerprint density at radius 2 is 0.906 bits per heavy atom. The fourth-order valence-electron chi connectivity index (χ4n) is 6.73. The number of hydrogen-bond donors (Lipinski definition) is 0. The van der Waals surface area contributed by atoms with E-state index in [9.17, 15) is 0 Å². The van der Waals surface area contributed by atoms with Crippen molar-refractivity contribution in [1.82, 2.24) is 0 Å². The van der Waals surface area contributed by atoms with Gasteiger partial charge in [-0.2, -0.15) is 0 Å². The second-order valence-corrected chi connectivity index (χ2v) is 17.6. The number of aryl methyl sites for hydroxylation is 3.